The van der Waals surface area contributed by atoms with E-state index in [0.29, 0.717) is 33.6 Å². The second-order valence-corrected chi connectivity index (χ2v) is 10.8. The molecule has 2 aliphatic rings. The van der Waals surface area contributed by atoms with Gasteiger partial charge in [0.05, 0.1) is 27.8 Å². The minimum atomic E-state index is -0.842. The van der Waals surface area contributed by atoms with Gasteiger partial charge in [0.25, 0.3) is 17.4 Å². The number of likely N-dealkylation sites (tertiary alicyclic amines) is 1. The zero-order chi connectivity index (χ0) is 28.7. The first kappa shape index (κ1) is 26.7. The molecule has 1 unspecified atom stereocenters. The number of nitrogens with one attached hydrogen (secondary N) is 3. The molecule has 2 aliphatic heterocycles. The lowest BCUT2D eigenvalue weighted by atomic mass is 10.0. The van der Waals surface area contributed by atoms with Crippen molar-refractivity contribution in [3.63, 3.8) is 0 Å². The lowest BCUT2D eigenvalue weighted by Gasteiger charge is -2.33. The van der Waals surface area contributed by atoms with Crippen LogP contribution in [0.1, 0.15) is 39.1 Å². The minimum absolute atomic E-state index is 0.0712. The molecular formula is C30H32N6O5. The summed E-state index contributed by atoms with van der Waals surface area (Å²) in [6, 6.07) is 12.4. The number of benzene rings is 2. The molecule has 0 radical (unpaired) electrons. The molecule has 11 heteroatoms. The maximum absolute atomic E-state index is 13.3. The van der Waals surface area contributed by atoms with E-state index in [9.17, 15) is 19.5 Å². The first-order valence-corrected chi connectivity index (χ1v) is 13.7. The van der Waals surface area contributed by atoms with Crippen LogP contribution < -0.4 is 15.6 Å². The van der Waals surface area contributed by atoms with Gasteiger partial charge in [-0.25, -0.2) is 4.98 Å². The van der Waals surface area contributed by atoms with Crippen molar-refractivity contribution in [1.82, 2.24) is 24.8 Å². The first-order chi connectivity index (χ1) is 19.8. The smallest absolute Gasteiger partial charge is 0.261 e. The number of H-pyrrole nitrogens is 2. The monoisotopic (exact) mass is 556 g/mol. The maximum Gasteiger partial charge on any atom is 0.261 e. The van der Waals surface area contributed by atoms with Gasteiger partial charge >= 0.3 is 0 Å². The molecule has 4 aromatic rings. The molecule has 0 spiro atoms. The van der Waals surface area contributed by atoms with Crippen molar-refractivity contribution in [2.45, 2.75) is 31.9 Å². The third kappa shape index (κ3) is 5.21. The number of imidazole rings is 1. The molecule has 2 aromatic carbocycles. The van der Waals surface area contributed by atoms with Crippen LogP contribution in [0.3, 0.4) is 0 Å². The fourth-order valence-electron chi connectivity index (χ4n) is 5.51. The second kappa shape index (κ2) is 10.8. The van der Waals surface area contributed by atoms with E-state index in [1.807, 2.05) is 38.2 Å². The summed E-state index contributed by atoms with van der Waals surface area (Å²) in [7, 11) is 2.03. The SMILES string of the molecule is Cc1cccc(OCC(O)CNc2cc[nH]c(=O)c2-c2nc3cc4c(cc3[nH]2)C(=O)N(C2CCN(C)CC2)C4=O)c1. The van der Waals surface area contributed by atoms with Crippen LogP contribution in [0.2, 0.25) is 0 Å². The Morgan fingerprint density at radius 2 is 1.85 bits per heavy atom. The number of pyridine rings is 1. The Morgan fingerprint density at radius 3 is 2.61 bits per heavy atom. The van der Waals surface area contributed by atoms with E-state index in [1.54, 1.807) is 18.2 Å². The number of aromatic amines is 2. The van der Waals surface area contributed by atoms with Crippen molar-refractivity contribution in [2.75, 3.05) is 38.6 Å². The van der Waals surface area contributed by atoms with Gasteiger partial charge in [-0.15, -0.1) is 0 Å². The number of ether oxygens (including phenoxy) is 1. The molecule has 6 rings (SSSR count). The zero-order valence-corrected chi connectivity index (χ0v) is 22.9. The van der Waals surface area contributed by atoms with Crippen LogP contribution in [-0.4, -0.2) is 87.1 Å². The van der Waals surface area contributed by atoms with Gasteiger partial charge in [0, 0.05) is 18.8 Å². The van der Waals surface area contributed by atoms with Crippen LogP contribution in [0, 0.1) is 6.92 Å². The van der Waals surface area contributed by atoms with Crippen molar-refractivity contribution in [3.8, 4) is 17.1 Å². The maximum atomic E-state index is 13.3. The number of hydrogen-bond acceptors (Lipinski definition) is 8. The highest BCUT2D eigenvalue weighted by Crippen LogP contribution is 2.32. The lowest BCUT2D eigenvalue weighted by Crippen LogP contribution is -2.46. The van der Waals surface area contributed by atoms with E-state index in [2.05, 4.69) is 25.2 Å². The Labute approximate surface area is 236 Å². The number of aromatic nitrogens is 3. The molecule has 41 heavy (non-hydrogen) atoms. The number of nitrogens with zero attached hydrogens (tertiary/aromatic N) is 3. The third-order valence-electron chi connectivity index (χ3n) is 7.73. The van der Waals surface area contributed by atoms with Crippen LogP contribution in [0.25, 0.3) is 22.4 Å². The highest BCUT2D eigenvalue weighted by molar-refractivity contribution is 6.23. The molecule has 0 bridgehead atoms. The topological polar surface area (TPSA) is 144 Å². The Balaban J connectivity index is 1.21. The Hall–Kier alpha value is -4.48. The Morgan fingerprint density at radius 1 is 1.10 bits per heavy atom. The summed E-state index contributed by atoms with van der Waals surface area (Å²) in [4.78, 5) is 53.5. The second-order valence-electron chi connectivity index (χ2n) is 10.8. The van der Waals surface area contributed by atoms with Gasteiger partial charge in [0.1, 0.15) is 29.8 Å². The molecule has 11 nitrogen and oxygen atoms in total. The van der Waals surface area contributed by atoms with E-state index in [1.165, 1.54) is 11.1 Å². The van der Waals surface area contributed by atoms with Gasteiger partial charge in [-0.05, 0) is 75.8 Å². The highest BCUT2D eigenvalue weighted by Gasteiger charge is 2.41. The Kier molecular flexibility index (Phi) is 7.06. The average molecular weight is 557 g/mol. The molecule has 1 fully saturated rings. The first-order valence-electron chi connectivity index (χ1n) is 13.7. The van der Waals surface area contributed by atoms with Crippen LogP contribution in [0.4, 0.5) is 5.69 Å². The lowest BCUT2D eigenvalue weighted by molar-refractivity contribution is 0.0516. The van der Waals surface area contributed by atoms with Crippen molar-refractivity contribution in [3.05, 3.63) is 75.7 Å². The third-order valence-corrected chi connectivity index (χ3v) is 7.73. The number of piperidine rings is 1. The summed E-state index contributed by atoms with van der Waals surface area (Å²) in [6.45, 7) is 3.84. The van der Waals surface area contributed by atoms with Gasteiger partial charge in [-0.1, -0.05) is 12.1 Å². The number of fused-ring (bicyclic) bond motifs is 2. The van der Waals surface area contributed by atoms with Crippen LogP contribution in [0.5, 0.6) is 5.75 Å². The summed E-state index contributed by atoms with van der Waals surface area (Å²) in [5.74, 6) is 0.360. The van der Waals surface area contributed by atoms with Gasteiger partial charge in [0.2, 0.25) is 0 Å². The summed E-state index contributed by atoms with van der Waals surface area (Å²) in [6.07, 6.45) is 2.17. The number of hydrogen-bond donors (Lipinski definition) is 4. The number of aryl methyl sites for hydroxylation is 1. The van der Waals surface area contributed by atoms with Gasteiger partial charge < -0.3 is 30.0 Å². The fourth-order valence-corrected chi connectivity index (χ4v) is 5.51. The van der Waals surface area contributed by atoms with E-state index in [-0.39, 0.29) is 48.0 Å². The number of carbonyl (C=O) groups excluding carboxylic acids is 2. The zero-order valence-electron chi connectivity index (χ0n) is 22.9. The van der Waals surface area contributed by atoms with E-state index in [4.69, 9.17) is 4.74 Å². The molecule has 2 amide bonds. The number of anilines is 1. The predicted octanol–water partition coefficient (Wildman–Crippen LogP) is 2.77. The van der Waals surface area contributed by atoms with E-state index in [0.717, 1.165) is 31.5 Å². The van der Waals surface area contributed by atoms with Crippen molar-refractivity contribution in [2.24, 2.45) is 0 Å². The summed E-state index contributed by atoms with van der Waals surface area (Å²) in [5, 5.41) is 13.6. The van der Waals surface area contributed by atoms with Crippen molar-refractivity contribution < 1.29 is 19.4 Å². The molecule has 4 heterocycles. The quantitative estimate of drug-likeness (QED) is 0.243. The van der Waals surface area contributed by atoms with E-state index >= 15 is 0 Å². The summed E-state index contributed by atoms with van der Waals surface area (Å²) < 4.78 is 5.69. The van der Waals surface area contributed by atoms with Crippen LogP contribution in [-0.2, 0) is 0 Å². The predicted molar refractivity (Wildman–Crippen MR) is 154 cm³/mol. The molecular weight excluding hydrogens is 524 g/mol. The molecule has 1 saturated heterocycles. The van der Waals surface area contributed by atoms with Crippen LogP contribution in [0.15, 0.2) is 53.5 Å². The molecule has 2 aromatic heterocycles. The van der Waals surface area contributed by atoms with Crippen LogP contribution >= 0.6 is 0 Å². The van der Waals surface area contributed by atoms with Gasteiger partial charge in [-0.3, -0.25) is 19.3 Å². The highest BCUT2D eigenvalue weighted by atomic mass is 16.5. The number of rotatable bonds is 8. The average Bonchev–Trinajstić information content (AvgIpc) is 3.47. The van der Waals surface area contributed by atoms with E-state index < -0.39 is 6.10 Å². The van der Waals surface area contributed by atoms with Gasteiger partial charge in [-0.2, -0.15) is 0 Å². The molecule has 4 N–H and O–H groups in total. The molecule has 212 valence electrons. The number of carbonyl (C=O) groups is 2. The summed E-state index contributed by atoms with van der Waals surface area (Å²) in [5.41, 5.74) is 3.09. The largest absolute Gasteiger partial charge is 0.491 e. The normalized spacial score (nSPS) is 16.8. The molecule has 1 atom stereocenters. The van der Waals surface area contributed by atoms with Crippen molar-refractivity contribution >= 4 is 28.5 Å². The minimum Gasteiger partial charge on any atom is -0.491 e. The number of imide groups is 1. The summed E-state index contributed by atoms with van der Waals surface area (Å²) >= 11 is 0. The standard InChI is InChI=1S/C30H32N6O5/c1-17-4-3-5-20(12-17)41-16-19(37)15-32-23-6-9-31-28(38)26(23)27-33-24-13-21-22(14-25(24)34-27)30(40)36(29(21)39)18-7-10-35(2)11-8-18/h3-6,9,12-14,18-19,37H,7-8,10-11,15-16H2,1-2H3,(H,33,34)(H2,31,32,38). The number of aliphatic hydroxyl groups excluding tert-OH is 1. The fraction of sp³-hybridized carbons (Fsp3) is 0.333. The molecule has 0 aliphatic carbocycles. The van der Waals surface area contributed by atoms with Crippen molar-refractivity contribution in [1.29, 1.82) is 0 Å². The number of aliphatic hydroxyl groups is 1. The van der Waals surface area contributed by atoms with Gasteiger partial charge in [0.15, 0.2) is 0 Å². The Bertz CT molecular complexity index is 1630. The number of amides is 2. The molecule has 0 saturated carbocycles.